The predicted molar refractivity (Wildman–Crippen MR) is 96.7 cm³/mol. The number of imidazole rings is 1. The van der Waals surface area contributed by atoms with Gasteiger partial charge in [0.1, 0.15) is 0 Å². The SMILES string of the molecule is CC1C[C@@H]1Nc1nc2c(c(=O)[nH]1)n(C)c[n+]2CCCSCP(=O)(O)O. The van der Waals surface area contributed by atoms with E-state index in [0.717, 1.165) is 12.8 Å². The number of aryl methyl sites for hydroxylation is 2. The molecule has 0 amide bonds. The molecular formula is C14H23N5O4PS+. The van der Waals surface area contributed by atoms with Gasteiger partial charge in [-0.1, -0.05) is 11.9 Å². The van der Waals surface area contributed by atoms with Crippen molar-refractivity contribution < 1.29 is 18.9 Å². The molecule has 2 aromatic heterocycles. The molecule has 2 heterocycles. The molecule has 0 spiro atoms. The third-order valence-electron chi connectivity index (χ3n) is 4.19. The van der Waals surface area contributed by atoms with Crippen LogP contribution in [0, 0.1) is 5.92 Å². The monoisotopic (exact) mass is 388 g/mol. The largest absolute Gasteiger partial charge is 0.339 e. The highest BCUT2D eigenvalue weighted by molar-refractivity contribution is 8.04. The van der Waals surface area contributed by atoms with Gasteiger partial charge in [0, 0.05) is 6.04 Å². The Kier molecular flexibility index (Phi) is 5.24. The van der Waals surface area contributed by atoms with Crippen LogP contribution in [0.25, 0.3) is 11.2 Å². The number of rotatable bonds is 8. The van der Waals surface area contributed by atoms with Gasteiger partial charge in [0.25, 0.3) is 11.5 Å². The average Bonchev–Trinajstić information content (AvgIpc) is 3.08. The van der Waals surface area contributed by atoms with Crippen molar-refractivity contribution in [3.63, 3.8) is 0 Å². The predicted octanol–water partition coefficient (Wildman–Crippen LogP) is 0.628. The summed E-state index contributed by atoms with van der Waals surface area (Å²) in [7, 11) is -2.15. The van der Waals surface area contributed by atoms with Crippen LogP contribution in [0.3, 0.4) is 0 Å². The number of aromatic amines is 1. The fourth-order valence-corrected chi connectivity index (χ4v) is 4.55. The molecule has 4 N–H and O–H groups in total. The number of fused-ring (bicyclic) bond motifs is 1. The average molecular weight is 388 g/mol. The summed E-state index contributed by atoms with van der Waals surface area (Å²) in [5.41, 5.74) is 0.774. The minimum atomic E-state index is -3.95. The first kappa shape index (κ1) is 18.4. The number of anilines is 1. The molecule has 0 saturated heterocycles. The quantitative estimate of drug-likeness (QED) is 0.297. The van der Waals surface area contributed by atoms with Gasteiger partial charge >= 0.3 is 13.2 Å². The van der Waals surface area contributed by atoms with Gasteiger partial charge in [-0.25, -0.2) is 4.57 Å². The highest BCUT2D eigenvalue weighted by atomic mass is 32.2. The van der Waals surface area contributed by atoms with Crippen LogP contribution in [0.15, 0.2) is 11.1 Å². The van der Waals surface area contributed by atoms with E-state index in [4.69, 9.17) is 9.79 Å². The van der Waals surface area contributed by atoms with Gasteiger partial charge in [-0.15, -0.1) is 11.8 Å². The standard InChI is InChI=1S/C14H22N5O4PS/c1-9-6-10(9)15-14-16-12-11(13(20)17-14)18(2)7-19(12)4-3-5-25-8-24(21,22)23/h7,9-10H,3-6,8H2,1-2H3,(H3-,15,16,17,20,21,22,23)/p+1/t9?,10-/m0/s1. The number of thioether (sulfide) groups is 1. The second-order valence-electron chi connectivity index (χ2n) is 6.53. The first-order valence-electron chi connectivity index (χ1n) is 8.12. The maximum Gasteiger partial charge on any atom is 0.335 e. The van der Waals surface area contributed by atoms with E-state index in [0.29, 0.717) is 41.4 Å². The van der Waals surface area contributed by atoms with Gasteiger partial charge in [-0.3, -0.25) is 18.9 Å². The van der Waals surface area contributed by atoms with Gasteiger partial charge in [0.05, 0.1) is 19.1 Å². The maximum atomic E-state index is 12.3. The van der Waals surface area contributed by atoms with Crippen LogP contribution in [0.1, 0.15) is 19.8 Å². The molecule has 2 aromatic rings. The first-order valence-corrected chi connectivity index (χ1v) is 11.1. The van der Waals surface area contributed by atoms with E-state index in [1.54, 1.807) is 11.6 Å². The summed E-state index contributed by atoms with van der Waals surface area (Å²) in [4.78, 5) is 37.4. The second kappa shape index (κ2) is 7.11. The Bertz CT molecular complexity index is 876. The molecule has 1 fully saturated rings. The number of hydrogen-bond acceptors (Lipinski definition) is 5. The molecular weight excluding hydrogens is 365 g/mol. The molecule has 0 radical (unpaired) electrons. The molecule has 138 valence electrons. The third-order valence-corrected chi connectivity index (χ3v) is 6.85. The lowest BCUT2D eigenvalue weighted by molar-refractivity contribution is -0.673. The molecule has 0 aromatic carbocycles. The second-order valence-corrected chi connectivity index (χ2v) is 9.70. The number of nitrogens with one attached hydrogen (secondary N) is 2. The van der Waals surface area contributed by atoms with Crippen molar-refractivity contribution in [1.82, 2.24) is 14.5 Å². The van der Waals surface area contributed by atoms with E-state index >= 15 is 0 Å². The zero-order chi connectivity index (χ0) is 18.2. The van der Waals surface area contributed by atoms with E-state index in [2.05, 4.69) is 22.2 Å². The Balaban J connectivity index is 1.71. The molecule has 25 heavy (non-hydrogen) atoms. The molecule has 9 nitrogen and oxygen atoms in total. The Morgan fingerprint density at radius 1 is 1.56 bits per heavy atom. The number of aromatic nitrogens is 4. The summed E-state index contributed by atoms with van der Waals surface area (Å²) in [6.07, 6.45) is 3.63. The Labute approximate surface area is 149 Å². The lowest BCUT2D eigenvalue weighted by atomic mass is 10.4. The molecule has 0 aliphatic heterocycles. The van der Waals surface area contributed by atoms with Gasteiger partial charge < -0.3 is 15.1 Å². The van der Waals surface area contributed by atoms with Crippen LogP contribution >= 0.6 is 19.4 Å². The van der Waals surface area contributed by atoms with E-state index in [-0.39, 0.29) is 11.1 Å². The van der Waals surface area contributed by atoms with E-state index in [9.17, 15) is 9.36 Å². The van der Waals surface area contributed by atoms with Crippen LogP contribution in [0.2, 0.25) is 0 Å². The molecule has 11 heteroatoms. The topological polar surface area (TPSA) is 124 Å². The third kappa shape index (κ3) is 4.63. The van der Waals surface area contributed by atoms with Crippen molar-refractivity contribution in [1.29, 1.82) is 0 Å². The van der Waals surface area contributed by atoms with Crippen LogP contribution in [-0.4, -0.2) is 41.6 Å². The summed E-state index contributed by atoms with van der Waals surface area (Å²) < 4.78 is 14.5. The van der Waals surface area contributed by atoms with Gasteiger partial charge in [-0.05, 0) is 24.5 Å². The van der Waals surface area contributed by atoms with E-state index in [1.165, 1.54) is 11.8 Å². The zero-order valence-corrected chi connectivity index (χ0v) is 15.9. The fourth-order valence-electron chi connectivity index (χ4n) is 2.75. The molecule has 1 aliphatic rings. The van der Waals surface area contributed by atoms with Crippen LogP contribution in [-0.2, 0) is 18.2 Å². The molecule has 1 saturated carbocycles. The summed E-state index contributed by atoms with van der Waals surface area (Å²) in [6, 6.07) is 0.363. The van der Waals surface area contributed by atoms with Crippen LogP contribution in [0.4, 0.5) is 5.95 Å². The number of nitrogens with zero attached hydrogens (tertiary/aromatic N) is 3. The van der Waals surface area contributed by atoms with Crippen molar-refractivity contribution >= 4 is 36.5 Å². The van der Waals surface area contributed by atoms with Crippen LogP contribution in [0.5, 0.6) is 0 Å². The molecule has 0 bridgehead atoms. The first-order chi connectivity index (χ1) is 11.7. The highest BCUT2D eigenvalue weighted by Crippen LogP contribution is 2.38. The van der Waals surface area contributed by atoms with Crippen molar-refractivity contribution in [2.75, 3.05) is 16.6 Å². The molecule has 1 aliphatic carbocycles. The summed E-state index contributed by atoms with van der Waals surface area (Å²) in [6.45, 7) is 2.77. The Morgan fingerprint density at radius 2 is 2.28 bits per heavy atom. The normalized spacial score (nSPS) is 20.2. The lowest BCUT2D eigenvalue weighted by Gasteiger charge is -2.03. The summed E-state index contributed by atoms with van der Waals surface area (Å²) in [5, 5.41) is 3.25. The number of H-pyrrole nitrogens is 1. The van der Waals surface area contributed by atoms with Gasteiger partial charge in [0.15, 0.2) is 6.33 Å². The maximum absolute atomic E-state index is 12.3. The van der Waals surface area contributed by atoms with E-state index < -0.39 is 7.60 Å². The number of hydrogen-bond donors (Lipinski definition) is 4. The highest BCUT2D eigenvalue weighted by Gasteiger charge is 2.34. The minimum Gasteiger partial charge on any atom is -0.339 e. The van der Waals surface area contributed by atoms with Crippen molar-refractivity contribution in [3.05, 3.63) is 16.7 Å². The van der Waals surface area contributed by atoms with Crippen molar-refractivity contribution in [2.45, 2.75) is 32.4 Å². The minimum absolute atomic E-state index is 0.168. The Hall–Kier alpha value is -1.35. The van der Waals surface area contributed by atoms with Gasteiger partial charge in [0.2, 0.25) is 5.52 Å². The van der Waals surface area contributed by atoms with Crippen LogP contribution < -0.4 is 15.4 Å². The fraction of sp³-hybridized carbons (Fsp3) is 0.643. The van der Waals surface area contributed by atoms with Gasteiger partial charge in [-0.2, -0.15) is 0 Å². The lowest BCUT2D eigenvalue weighted by Crippen LogP contribution is -2.34. The molecule has 1 unspecified atom stereocenters. The van der Waals surface area contributed by atoms with Crippen molar-refractivity contribution in [2.24, 2.45) is 13.0 Å². The molecule has 2 atom stereocenters. The summed E-state index contributed by atoms with van der Waals surface area (Å²) in [5.74, 6) is 1.71. The smallest absolute Gasteiger partial charge is 0.335 e. The Morgan fingerprint density at radius 3 is 2.92 bits per heavy atom. The summed E-state index contributed by atoms with van der Waals surface area (Å²) >= 11 is 1.23. The van der Waals surface area contributed by atoms with Crippen molar-refractivity contribution in [3.8, 4) is 0 Å². The zero-order valence-electron chi connectivity index (χ0n) is 14.2. The van der Waals surface area contributed by atoms with E-state index in [1.807, 2.05) is 10.9 Å². The molecule has 3 rings (SSSR count).